The molecule has 0 spiro atoms. The van der Waals surface area contributed by atoms with Crippen molar-refractivity contribution in [3.05, 3.63) is 0 Å². The van der Waals surface area contributed by atoms with Crippen LogP contribution in [0.4, 0.5) is 0 Å². The molecule has 1 rings (SSSR count). The van der Waals surface area contributed by atoms with Crippen LogP contribution in [0.2, 0.25) is 0 Å². The summed E-state index contributed by atoms with van der Waals surface area (Å²) in [7, 11) is 0. The number of nitrogens with one attached hydrogen (secondary N) is 1. The molecule has 1 aliphatic rings. The quantitative estimate of drug-likeness (QED) is 0.462. The van der Waals surface area contributed by atoms with E-state index in [-0.39, 0.29) is 6.54 Å². The van der Waals surface area contributed by atoms with E-state index in [2.05, 4.69) is 5.32 Å². The molecule has 1 aliphatic heterocycles. The van der Waals surface area contributed by atoms with Crippen LogP contribution in [-0.2, 0) is 4.79 Å². The lowest BCUT2D eigenvalue weighted by molar-refractivity contribution is -0.139. The van der Waals surface area contributed by atoms with Gasteiger partial charge < -0.3 is 10.8 Å². The van der Waals surface area contributed by atoms with Crippen molar-refractivity contribution in [1.82, 2.24) is 10.2 Å². The van der Waals surface area contributed by atoms with Gasteiger partial charge >= 0.3 is 5.97 Å². The van der Waals surface area contributed by atoms with E-state index in [1.54, 1.807) is 11.8 Å². The van der Waals surface area contributed by atoms with Crippen LogP contribution in [0.15, 0.2) is 0 Å². The zero-order valence-electron chi connectivity index (χ0n) is 6.50. The fraction of sp³-hybridized carbons (Fsp3) is 0.833. The van der Waals surface area contributed by atoms with Crippen LogP contribution in [-0.4, -0.2) is 41.4 Å². The predicted molar refractivity (Wildman–Crippen MR) is 39.8 cm³/mol. The van der Waals surface area contributed by atoms with Crippen LogP contribution >= 0.6 is 0 Å². The zero-order chi connectivity index (χ0) is 8.48. The van der Waals surface area contributed by atoms with E-state index in [0.717, 1.165) is 6.54 Å². The maximum absolute atomic E-state index is 10.3. The first-order chi connectivity index (χ1) is 5.02. The second kappa shape index (κ2) is 2.77. The largest absolute Gasteiger partial charge is 0.480 e. The molecule has 0 aliphatic carbocycles. The van der Waals surface area contributed by atoms with E-state index in [1.807, 2.05) is 0 Å². The van der Waals surface area contributed by atoms with Crippen molar-refractivity contribution in [3.63, 3.8) is 0 Å². The van der Waals surface area contributed by atoms with Crippen LogP contribution in [0.5, 0.6) is 0 Å². The molecular weight excluding hydrogens is 146 g/mol. The van der Waals surface area contributed by atoms with E-state index in [9.17, 15) is 4.79 Å². The molecule has 0 amide bonds. The summed E-state index contributed by atoms with van der Waals surface area (Å²) in [6.45, 7) is 3.21. The van der Waals surface area contributed by atoms with Crippen molar-refractivity contribution < 1.29 is 9.90 Å². The number of nitrogens with two attached hydrogens (primary N) is 1. The molecule has 64 valence electrons. The van der Waals surface area contributed by atoms with Crippen LogP contribution in [0.3, 0.4) is 0 Å². The Balaban J connectivity index is 2.51. The summed E-state index contributed by atoms with van der Waals surface area (Å²) < 4.78 is 0. The minimum atomic E-state index is -0.842. The van der Waals surface area contributed by atoms with E-state index >= 15 is 0 Å². The molecule has 1 atom stereocenters. The van der Waals surface area contributed by atoms with Crippen molar-refractivity contribution in [3.8, 4) is 0 Å². The molecule has 0 radical (unpaired) electrons. The Labute approximate surface area is 65.2 Å². The van der Waals surface area contributed by atoms with Gasteiger partial charge in [0.1, 0.15) is 5.79 Å². The Morgan fingerprint density at radius 3 is 2.91 bits per heavy atom. The molecule has 5 nitrogen and oxygen atoms in total. The van der Waals surface area contributed by atoms with Crippen LogP contribution in [0, 0.1) is 0 Å². The summed E-state index contributed by atoms with van der Waals surface area (Å²) in [6.07, 6.45) is 0. The van der Waals surface area contributed by atoms with Crippen molar-refractivity contribution >= 4 is 5.97 Å². The van der Waals surface area contributed by atoms with Crippen LogP contribution in [0.25, 0.3) is 0 Å². The molecule has 0 bridgehead atoms. The lowest BCUT2D eigenvalue weighted by Gasteiger charge is -2.29. The number of hydrogen-bond acceptors (Lipinski definition) is 4. The SMILES string of the molecule is CC1(N)NCCN1CC(=O)O. The Morgan fingerprint density at radius 2 is 2.55 bits per heavy atom. The number of nitrogens with zero attached hydrogens (tertiary/aromatic N) is 1. The predicted octanol–water partition coefficient (Wildman–Crippen LogP) is -1.39. The average molecular weight is 159 g/mol. The monoisotopic (exact) mass is 159 g/mol. The highest BCUT2D eigenvalue weighted by molar-refractivity contribution is 5.69. The first kappa shape index (κ1) is 8.45. The third-order valence-electron chi connectivity index (χ3n) is 1.85. The third-order valence-corrected chi connectivity index (χ3v) is 1.85. The summed E-state index contributed by atoms with van der Waals surface area (Å²) in [5.74, 6) is -1.50. The molecule has 5 heteroatoms. The van der Waals surface area contributed by atoms with E-state index in [1.165, 1.54) is 0 Å². The van der Waals surface area contributed by atoms with Crippen LogP contribution < -0.4 is 11.1 Å². The highest BCUT2D eigenvalue weighted by Crippen LogP contribution is 2.08. The molecule has 1 saturated heterocycles. The highest BCUT2D eigenvalue weighted by atomic mass is 16.4. The molecule has 0 saturated carbocycles. The Hall–Kier alpha value is -0.650. The van der Waals surface area contributed by atoms with E-state index < -0.39 is 11.8 Å². The summed E-state index contributed by atoms with van der Waals surface area (Å²) in [6, 6.07) is 0. The number of carboxylic acids is 1. The topological polar surface area (TPSA) is 78.6 Å². The molecule has 0 aromatic heterocycles. The number of carbonyl (C=O) groups is 1. The minimum Gasteiger partial charge on any atom is -0.480 e. The maximum atomic E-state index is 10.3. The van der Waals surface area contributed by atoms with Crippen LogP contribution in [0.1, 0.15) is 6.92 Å². The number of carboxylic acid groups (broad SMARTS) is 1. The number of hydrogen-bond donors (Lipinski definition) is 3. The van der Waals surface area contributed by atoms with Gasteiger partial charge in [0.25, 0.3) is 0 Å². The van der Waals surface area contributed by atoms with Gasteiger partial charge in [0, 0.05) is 13.1 Å². The zero-order valence-corrected chi connectivity index (χ0v) is 6.50. The Kier molecular flexibility index (Phi) is 2.12. The van der Waals surface area contributed by atoms with Gasteiger partial charge in [0.05, 0.1) is 6.54 Å². The fourth-order valence-corrected chi connectivity index (χ4v) is 1.19. The summed E-state index contributed by atoms with van der Waals surface area (Å²) >= 11 is 0. The maximum Gasteiger partial charge on any atom is 0.317 e. The lowest BCUT2D eigenvalue weighted by atomic mass is 10.4. The number of rotatable bonds is 2. The van der Waals surface area contributed by atoms with Gasteiger partial charge in [0.2, 0.25) is 0 Å². The highest BCUT2D eigenvalue weighted by Gasteiger charge is 2.32. The molecule has 11 heavy (non-hydrogen) atoms. The van der Waals surface area contributed by atoms with E-state index in [4.69, 9.17) is 10.8 Å². The molecule has 1 fully saturated rings. The van der Waals surface area contributed by atoms with E-state index in [0.29, 0.717) is 6.54 Å². The summed E-state index contributed by atoms with van der Waals surface area (Å²) in [5, 5.41) is 11.5. The molecule has 4 N–H and O–H groups in total. The first-order valence-corrected chi connectivity index (χ1v) is 3.53. The molecule has 0 aromatic rings. The lowest BCUT2D eigenvalue weighted by Crippen LogP contribution is -2.57. The van der Waals surface area contributed by atoms with Gasteiger partial charge in [-0.3, -0.25) is 15.0 Å². The summed E-state index contributed by atoms with van der Waals surface area (Å²) in [5.41, 5.74) is 5.72. The van der Waals surface area contributed by atoms with Gasteiger partial charge in [-0.25, -0.2) is 0 Å². The van der Waals surface area contributed by atoms with Gasteiger partial charge in [-0.1, -0.05) is 0 Å². The van der Waals surface area contributed by atoms with Crippen molar-refractivity contribution in [2.24, 2.45) is 5.73 Å². The van der Waals surface area contributed by atoms with Crippen molar-refractivity contribution in [1.29, 1.82) is 0 Å². The van der Waals surface area contributed by atoms with Gasteiger partial charge in [-0.2, -0.15) is 0 Å². The molecule has 0 aromatic carbocycles. The van der Waals surface area contributed by atoms with Crippen molar-refractivity contribution in [2.45, 2.75) is 12.7 Å². The second-order valence-electron chi connectivity index (χ2n) is 2.89. The van der Waals surface area contributed by atoms with Gasteiger partial charge in [-0.05, 0) is 6.92 Å². The molecule has 1 unspecified atom stereocenters. The fourth-order valence-electron chi connectivity index (χ4n) is 1.19. The van der Waals surface area contributed by atoms with Crippen molar-refractivity contribution in [2.75, 3.05) is 19.6 Å². The molecule has 1 heterocycles. The smallest absolute Gasteiger partial charge is 0.317 e. The molecular formula is C6H13N3O2. The first-order valence-electron chi connectivity index (χ1n) is 3.53. The minimum absolute atomic E-state index is 0. The van der Waals surface area contributed by atoms with Gasteiger partial charge in [0.15, 0.2) is 0 Å². The normalized spacial score (nSPS) is 32.5. The third kappa shape index (κ3) is 1.89. The Morgan fingerprint density at radius 1 is 1.91 bits per heavy atom. The standard InChI is InChI=1S/C6H13N3O2/c1-6(7)8-2-3-9(6)4-5(10)11/h8H,2-4,7H2,1H3,(H,10,11). The Bertz CT molecular complexity index is 169. The number of aliphatic carboxylic acids is 1. The average Bonchev–Trinajstić information content (AvgIpc) is 2.10. The van der Waals surface area contributed by atoms with Gasteiger partial charge in [-0.15, -0.1) is 0 Å². The summed E-state index contributed by atoms with van der Waals surface area (Å²) in [4.78, 5) is 12.0. The second-order valence-corrected chi connectivity index (χ2v) is 2.89.